The number of pyridine rings is 1. The zero-order valence-corrected chi connectivity index (χ0v) is 15.8. The number of nitrogens with zero attached hydrogens (tertiary/aromatic N) is 2. The number of benzene rings is 2. The number of anilines is 2. The molecule has 7 heteroatoms. The molecule has 0 aliphatic heterocycles. The van der Waals surface area contributed by atoms with Gasteiger partial charge in [0.15, 0.2) is 17.3 Å². The van der Waals surface area contributed by atoms with Crippen molar-refractivity contribution in [2.75, 3.05) is 26.6 Å². The van der Waals surface area contributed by atoms with Gasteiger partial charge >= 0.3 is 0 Å². The molecule has 2 heterocycles. The van der Waals surface area contributed by atoms with E-state index in [2.05, 4.69) is 20.5 Å². The minimum Gasteiger partial charge on any atom is -0.493 e. The summed E-state index contributed by atoms with van der Waals surface area (Å²) in [6.07, 6.45) is 1.75. The summed E-state index contributed by atoms with van der Waals surface area (Å²) in [7, 11) is 4.74. The predicted octanol–water partition coefficient (Wildman–Crippen LogP) is 4.39. The number of hydrogen-bond acceptors (Lipinski definition) is 6. The van der Waals surface area contributed by atoms with E-state index in [1.165, 1.54) is 0 Å². The molecular formula is C21H20N4O3. The van der Waals surface area contributed by atoms with E-state index in [1.54, 1.807) is 27.5 Å². The second-order valence-electron chi connectivity index (χ2n) is 6.06. The largest absolute Gasteiger partial charge is 0.493 e. The number of fused-ring (bicyclic) bond motifs is 1. The molecule has 0 saturated heterocycles. The summed E-state index contributed by atoms with van der Waals surface area (Å²) >= 11 is 0. The lowest BCUT2D eigenvalue weighted by Crippen LogP contribution is -1.99. The highest BCUT2D eigenvalue weighted by Gasteiger charge is 2.16. The van der Waals surface area contributed by atoms with Crippen LogP contribution in [0.1, 0.15) is 0 Å². The fraction of sp³-hybridized carbons (Fsp3) is 0.143. The Morgan fingerprint density at radius 2 is 1.61 bits per heavy atom. The lowest BCUT2D eigenvalue weighted by Gasteiger charge is -2.15. The van der Waals surface area contributed by atoms with E-state index in [0.717, 1.165) is 27.8 Å². The minimum absolute atomic E-state index is 0.537. The van der Waals surface area contributed by atoms with E-state index in [0.29, 0.717) is 23.1 Å². The van der Waals surface area contributed by atoms with Crippen LogP contribution in [0, 0.1) is 0 Å². The van der Waals surface area contributed by atoms with Gasteiger partial charge in [0.1, 0.15) is 11.2 Å². The highest BCUT2D eigenvalue weighted by molar-refractivity contribution is 5.99. The van der Waals surface area contributed by atoms with Gasteiger partial charge < -0.3 is 19.5 Å². The van der Waals surface area contributed by atoms with Crippen LogP contribution in [-0.4, -0.2) is 36.5 Å². The molecule has 0 fully saturated rings. The van der Waals surface area contributed by atoms with Crippen LogP contribution in [0.25, 0.3) is 22.2 Å². The van der Waals surface area contributed by atoms with Gasteiger partial charge in [-0.1, -0.05) is 30.3 Å². The quantitative estimate of drug-likeness (QED) is 0.519. The molecule has 0 aliphatic rings. The summed E-state index contributed by atoms with van der Waals surface area (Å²) in [5.41, 5.74) is 3.49. The molecule has 4 aromatic rings. The van der Waals surface area contributed by atoms with Crippen LogP contribution >= 0.6 is 0 Å². The van der Waals surface area contributed by atoms with Crippen molar-refractivity contribution in [2.45, 2.75) is 0 Å². The molecule has 0 unspecified atom stereocenters. The fourth-order valence-electron chi connectivity index (χ4n) is 3.15. The Labute approximate surface area is 162 Å². The van der Waals surface area contributed by atoms with Gasteiger partial charge in [-0.25, -0.2) is 4.98 Å². The van der Waals surface area contributed by atoms with E-state index in [4.69, 9.17) is 14.2 Å². The van der Waals surface area contributed by atoms with Crippen LogP contribution in [0.3, 0.4) is 0 Å². The third-order valence-corrected chi connectivity index (χ3v) is 4.46. The van der Waals surface area contributed by atoms with Crippen molar-refractivity contribution in [2.24, 2.45) is 0 Å². The molecule has 2 N–H and O–H groups in total. The SMILES string of the molecule is COc1cc(Nc2nccc3c(-c4ccccc4)n[nH]c23)cc(OC)c1OC. The number of aromatic nitrogens is 3. The lowest BCUT2D eigenvalue weighted by molar-refractivity contribution is 0.324. The first-order chi connectivity index (χ1) is 13.7. The maximum atomic E-state index is 5.42. The van der Waals surface area contributed by atoms with Gasteiger partial charge in [0.25, 0.3) is 0 Å². The molecule has 0 saturated carbocycles. The topological polar surface area (TPSA) is 81.3 Å². The third-order valence-electron chi connectivity index (χ3n) is 4.46. The van der Waals surface area contributed by atoms with Gasteiger partial charge in [0.2, 0.25) is 5.75 Å². The average Bonchev–Trinajstić information content (AvgIpc) is 3.19. The van der Waals surface area contributed by atoms with Crippen molar-refractivity contribution in [3.8, 4) is 28.5 Å². The fourth-order valence-corrected chi connectivity index (χ4v) is 3.15. The molecule has 2 aromatic heterocycles. The maximum absolute atomic E-state index is 5.42. The molecule has 0 amide bonds. The first-order valence-electron chi connectivity index (χ1n) is 8.70. The summed E-state index contributed by atoms with van der Waals surface area (Å²) in [6, 6.07) is 15.6. The Hall–Kier alpha value is -3.74. The first kappa shape index (κ1) is 17.7. The summed E-state index contributed by atoms with van der Waals surface area (Å²) in [6.45, 7) is 0. The van der Waals surface area contributed by atoms with E-state index >= 15 is 0 Å². The third kappa shape index (κ3) is 3.07. The van der Waals surface area contributed by atoms with Gasteiger partial charge in [-0.05, 0) is 6.07 Å². The molecule has 28 heavy (non-hydrogen) atoms. The molecular weight excluding hydrogens is 356 g/mol. The normalized spacial score (nSPS) is 10.7. The number of hydrogen-bond donors (Lipinski definition) is 2. The zero-order valence-electron chi connectivity index (χ0n) is 15.8. The Morgan fingerprint density at radius 3 is 2.25 bits per heavy atom. The van der Waals surface area contributed by atoms with Gasteiger partial charge in [0.05, 0.1) is 21.3 Å². The number of ether oxygens (including phenoxy) is 3. The molecule has 2 aromatic carbocycles. The first-order valence-corrected chi connectivity index (χ1v) is 8.70. The van der Waals surface area contributed by atoms with Gasteiger partial charge in [-0.3, -0.25) is 5.10 Å². The number of aromatic amines is 1. The molecule has 4 rings (SSSR count). The van der Waals surface area contributed by atoms with Crippen molar-refractivity contribution in [3.05, 3.63) is 54.7 Å². The zero-order chi connectivity index (χ0) is 19.5. The van der Waals surface area contributed by atoms with Crippen molar-refractivity contribution in [3.63, 3.8) is 0 Å². The highest BCUT2D eigenvalue weighted by atomic mass is 16.5. The number of methoxy groups -OCH3 is 3. The minimum atomic E-state index is 0.537. The Balaban J connectivity index is 1.76. The lowest BCUT2D eigenvalue weighted by atomic mass is 10.1. The van der Waals surface area contributed by atoms with Gasteiger partial charge in [0, 0.05) is 35.0 Å². The molecule has 142 valence electrons. The predicted molar refractivity (Wildman–Crippen MR) is 109 cm³/mol. The van der Waals surface area contributed by atoms with E-state index in [9.17, 15) is 0 Å². The van der Waals surface area contributed by atoms with E-state index in [1.807, 2.05) is 48.5 Å². The Morgan fingerprint density at radius 1 is 0.893 bits per heavy atom. The molecule has 0 bridgehead atoms. The van der Waals surface area contributed by atoms with E-state index < -0.39 is 0 Å². The van der Waals surface area contributed by atoms with Crippen LogP contribution in [0.2, 0.25) is 0 Å². The number of rotatable bonds is 6. The van der Waals surface area contributed by atoms with Crippen molar-refractivity contribution in [1.82, 2.24) is 15.2 Å². The number of nitrogens with one attached hydrogen (secondary N) is 2. The Bertz CT molecular complexity index is 1080. The summed E-state index contributed by atoms with van der Waals surface area (Å²) in [5.74, 6) is 2.31. The summed E-state index contributed by atoms with van der Waals surface area (Å²) in [4.78, 5) is 4.47. The molecule has 0 spiro atoms. The second kappa shape index (κ2) is 7.48. The summed E-state index contributed by atoms with van der Waals surface area (Å²) in [5, 5.41) is 11.9. The smallest absolute Gasteiger partial charge is 0.203 e. The van der Waals surface area contributed by atoms with Crippen LogP contribution < -0.4 is 19.5 Å². The van der Waals surface area contributed by atoms with Crippen LogP contribution in [0.15, 0.2) is 54.7 Å². The molecule has 7 nitrogen and oxygen atoms in total. The molecule has 0 atom stereocenters. The monoisotopic (exact) mass is 376 g/mol. The maximum Gasteiger partial charge on any atom is 0.203 e. The number of H-pyrrole nitrogens is 1. The van der Waals surface area contributed by atoms with Gasteiger partial charge in [-0.2, -0.15) is 5.10 Å². The molecule has 0 aliphatic carbocycles. The van der Waals surface area contributed by atoms with Gasteiger partial charge in [-0.15, -0.1) is 0 Å². The summed E-state index contributed by atoms with van der Waals surface area (Å²) < 4.78 is 16.2. The van der Waals surface area contributed by atoms with Crippen LogP contribution in [0.5, 0.6) is 17.2 Å². The Kier molecular flexibility index (Phi) is 4.72. The molecule has 0 radical (unpaired) electrons. The van der Waals surface area contributed by atoms with Crippen LogP contribution in [0.4, 0.5) is 11.5 Å². The van der Waals surface area contributed by atoms with Crippen molar-refractivity contribution < 1.29 is 14.2 Å². The standard InChI is InChI=1S/C21H20N4O3/c1-26-16-11-14(12-17(27-2)20(16)28-3)23-21-19-15(9-10-22-21)18(24-25-19)13-7-5-4-6-8-13/h4-12H,1-3H3,(H,22,23)(H,24,25). The van der Waals surface area contributed by atoms with Crippen molar-refractivity contribution in [1.29, 1.82) is 0 Å². The second-order valence-corrected chi connectivity index (χ2v) is 6.06. The van der Waals surface area contributed by atoms with Crippen LogP contribution in [-0.2, 0) is 0 Å². The van der Waals surface area contributed by atoms with E-state index in [-0.39, 0.29) is 0 Å². The highest BCUT2D eigenvalue weighted by Crippen LogP contribution is 2.41. The van der Waals surface area contributed by atoms with Crippen molar-refractivity contribution >= 4 is 22.4 Å². The average molecular weight is 376 g/mol.